The van der Waals surface area contributed by atoms with Crippen LogP contribution in [0.15, 0.2) is 18.3 Å². The van der Waals surface area contributed by atoms with Crippen LogP contribution in [0.3, 0.4) is 0 Å². The Bertz CT molecular complexity index is 368. The SMILES string of the molecule is CC(CNC(=O)c1cccnc1F)N(C)C. The van der Waals surface area contributed by atoms with Gasteiger partial charge in [0.1, 0.15) is 0 Å². The number of likely N-dealkylation sites (N-methyl/N-ethyl adjacent to an activating group) is 1. The number of aromatic nitrogens is 1. The fraction of sp³-hybridized carbons (Fsp3) is 0.455. The summed E-state index contributed by atoms with van der Waals surface area (Å²) < 4.78 is 13.1. The van der Waals surface area contributed by atoms with E-state index in [9.17, 15) is 9.18 Å². The van der Waals surface area contributed by atoms with Gasteiger partial charge in [0.25, 0.3) is 5.91 Å². The predicted molar refractivity (Wildman–Crippen MR) is 59.7 cm³/mol. The number of hydrogen-bond acceptors (Lipinski definition) is 3. The third-order valence-corrected chi connectivity index (χ3v) is 2.44. The van der Waals surface area contributed by atoms with Crippen molar-refractivity contribution in [3.8, 4) is 0 Å². The molecule has 1 aromatic heterocycles. The van der Waals surface area contributed by atoms with Crippen molar-refractivity contribution in [1.82, 2.24) is 15.2 Å². The lowest BCUT2D eigenvalue weighted by molar-refractivity contribution is 0.0938. The summed E-state index contributed by atoms with van der Waals surface area (Å²) in [5.41, 5.74) is -0.0199. The summed E-state index contributed by atoms with van der Waals surface area (Å²) in [7, 11) is 3.84. The average molecular weight is 225 g/mol. The maximum atomic E-state index is 13.1. The van der Waals surface area contributed by atoms with Gasteiger partial charge in [-0.05, 0) is 33.2 Å². The number of nitrogens with one attached hydrogen (secondary N) is 1. The highest BCUT2D eigenvalue weighted by Crippen LogP contribution is 2.02. The zero-order valence-electron chi connectivity index (χ0n) is 9.70. The first-order chi connectivity index (χ1) is 7.52. The Labute approximate surface area is 94.5 Å². The standard InChI is InChI=1S/C11H16FN3O/c1-8(15(2)3)7-14-11(16)9-5-4-6-13-10(9)12/h4-6,8H,7H2,1-3H3,(H,14,16). The van der Waals surface area contributed by atoms with Crippen molar-refractivity contribution in [3.63, 3.8) is 0 Å². The highest BCUT2D eigenvalue weighted by molar-refractivity contribution is 5.94. The summed E-state index contributed by atoms with van der Waals surface area (Å²) in [4.78, 5) is 17.0. The second-order valence-corrected chi connectivity index (χ2v) is 3.86. The molecule has 0 aliphatic heterocycles. The van der Waals surface area contributed by atoms with Crippen LogP contribution in [0.5, 0.6) is 0 Å². The van der Waals surface area contributed by atoms with E-state index in [1.165, 1.54) is 18.3 Å². The van der Waals surface area contributed by atoms with Crippen LogP contribution in [0.1, 0.15) is 17.3 Å². The summed E-state index contributed by atoms with van der Waals surface area (Å²) in [6.45, 7) is 2.44. The fourth-order valence-corrected chi connectivity index (χ4v) is 1.07. The minimum atomic E-state index is -0.738. The van der Waals surface area contributed by atoms with E-state index in [0.29, 0.717) is 6.54 Å². The highest BCUT2D eigenvalue weighted by atomic mass is 19.1. The Morgan fingerprint density at radius 3 is 2.88 bits per heavy atom. The molecule has 0 spiro atoms. The van der Waals surface area contributed by atoms with Crippen LogP contribution in [0.4, 0.5) is 4.39 Å². The van der Waals surface area contributed by atoms with Crippen LogP contribution in [-0.2, 0) is 0 Å². The van der Waals surface area contributed by atoms with Crippen LogP contribution in [0, 0.1) is 5.95 Å². The number of rotatable bonds is 4. The monoisotopic (exact) mass is 225 g/mol. The van der Waals surface area contributed by atoms with Crippen molar-refractivity contribution >= 4 is 5.91 Å². The Hall–Kier alpha value is -1.49. The lowest BCUT2D eigenvalue weighted by atomic mass is 10.2. The molecule has 4 nitrogen and oxygen atoms in total. The maximum absolute atomic E-state index is 13.1. The second-order valence-electron chi connectivity index (χ2n) is 3.86. The molecule has 1 amide bonds. The largest absolute Gasteiger partial charge is 0.350 e. The minimum Gasteiger partial charge on any atom is -0.350 e. The Morgan fingerprint density at radius 2 is 2.31 bits per heavy atom. The van der Waals surface area contributed by atoms with Crippen LogP contribution in [0.25, 0.3) is 0 Å². The van der Waals surface area contributed by atoms with Crippen LogP contribution >= 0.6 is 0 Å². The summed E-state index contributed by atoms with van der Waals surface area (Å²) in [6, 6.07) is 3.15. The molecule has 0 aliphatic carbocycles. The fourth-order valence-electron chi connectivity index (χ4n) is 1.07. The Balaban J connectivity index is 2.57. The molecule has 1 atom stereocenters. The van der Waals surface area contributed by atoms with Crippen molar-refractivity contribution in [2.45, 2.75) is 13.0 Å². The van der Waals surface area contributed by atoms with Gasteiger partial charge in [-0.2, -0.15) is 4.39 Å². The highest BCUT2D eigenvalue weighted by Gasteiger charge is 2.13. The van der Waals surface area contributed by atoms with Gasteiger partial charge in [0.2, 0.25) is 5.95 Å². The number of carbonyl (C=O) groups is 1. The molecule has 0 radical (unpaired) electrons. The zero-order chi connectivity index (χ0) is 12.1. The van der Waals surface area contributed by atoms with Gasteiger partial charge in [0.05, 0.1) is 5.56 Å². The molecular formula is C11H16FN3O. The molecule has 88 valence electrons. The van der Waals surface area contributed by atoms with Gasteiger partial charge in [0, 0.05) is 18.8 Å². The molecule has 5 heteroatoms. The third kappa shape index (κ3) is 3.27. The summed E-state index contributed by atoms with van der Waals surface area (Å²) in [6.07, 6.45) is 1.31. The lowest BCUT2D eigenvalue weighted by Crippen LogP contribution is -2.38. The molecule has 0 bridgehead atoms. The molecule has 1 aromatic rings. The molecule has 0 aliphatic rings. The van der Waals surface area contributed by atoms with Crippen molar-refractivity contribution < 1.29 is 9.18 Å². The summed E-state index contributed by atoms with van der Waals surface area (Å²) in [5.74, 6) is -1.17. The van der Waals surface area contributed by atoms with E-state index in [1.807, 2.05) is 25.9 Å². The topological polar surface area (TPSA) is 45.2 Å². The van der Waals surface area contributed by atoms with Crippen molar-refractivity contribution in [2.24, 2.45) is 0 Å². The number of pyridine rings is 1. The minimum absolute atomic E-state index is 0.0199. The van der Waals surface area contributed by atoms with Crippen LogP contribution in [-0.4, -0.2) is 42.5 Å². The quantitative estimate of drug-likeness (QED) is 0.774. The lowest BCUT2D eigenvalue weighted by Gasteiger charge is -2.19. The number of halogens is 1. The number of hydrogen-bond donors (Lipinski definition) is 1. The van der Waals surface area contributed by atoms with Crippen molar-refractivity contribution in [1.29, 1.82) is 0 Å². The molecule has 1 heterocycles. The van der Waals surface area contributed by atoms with Crippen molar-refractivity contribution in [2.75, 3.05) is 20.6 Å². The normalized spacial score (nSPS) is 12.6. The van der Waals surface area contributed by atoms with Crippen LogP contribution < -0.4 is 5.32 Å². The third-order valence-electron chi connectivity index (χ3n) is 2.44. The Kier molecular flexibility index (Phi) is 4.37. The second kappa shape index (κ2) is 5.55. The molecule has 0 fully saturated rings. The van der Waals surface area contributed by atoms with Gasteiger partial charge in [-0.1, -0.05) is 0 Å². The first-order valence-corrected chi connectivity index (χ1v) is 5.07. The molecule has 0 saturated carbocycles. The van der Waals surface area contributed by atoms with E-state index >= 15 is 0 Å². The number of nitrogens with zero attached hydrogens (tertiary/aromatic N) is 2. The first-order valence-electron chi connectivity index (χ1n) is 5.07. The molecule has 16 heavy (non-hydrogen) atoms. The van der Waals surface area contributed by atoms with Gasteiger partial charge >= 0.3 is 0 Å². The van der Waals surface area contributed by atoms with E-state index in [0.717, 1.165) is 0 Å². The predicted octanol–water partition coefficient (Wildman–Crippen LogP) is 0.901. The zero-order valence-corrected chi connectivity index (χ0v) is 9.70. The van der Waals surface area contributed by atoms with E-state index in [2.05, 4.69) is 10.3 Å². The maximum Gasteiger partial charge on any atom is 0.255 e. The summed E-state index contributed by atoms with van der Waals surface area (Å²) in [5, 5.41) is 2.66. The molecule has 1 rings (SSSR count). The molecular weight excluding hydrogens is 209 g/mol. The van der Waals surface area contributed by atoms with E-state index in [4.69, 9.17) is 0 Å². The van der Waals surface area contributed by atoms with E-state index < -0.39 is 11.9 Å². The molecule has 0 aromatic carbocycles. The first kappa shape index (κ1) is 12.6. The van der Waals surface area contributed by atoms with Gasteiger partial charge < -0.3 is 10.2 Å². The van der Waals surface area contributed by atoms with Crippen molar-refractivity contribution in [3.05, 3.63) is 29.8 Å². The average Bonchev–Trinajstić information content (AvgIpc) is 2.25. The van der Waals surface area contributed by atoms with Crippen LogP contribution in [0.2, 0.25) is 0 Å². The molecule has 1 N–H and O–H groups in total. The smallest absolute Gasteiger partial charge is 0.255 e. The summed E-state index contributed by atoms with van der Waals surface area (Å²) >= 11 is 0. The molecule has 0 saturated heterocycles. The number of amides is 1. The van der Waals surface area contributed by atoms with E-state index in [1.54, 1.807) is 0 Å². The van der Waals surface area contributed by atoms with Gasteiger partial charge in [-0.15, -0.1) is 0 Å². The molecule has 1 unspecified atom stereocenters. The van der Waals surface area contributed by atoms with Gasteiger partial charge in [-0.3, -0.25) is 4.79 Å². The van der Waals surface area contributed by atoms with Gasteiger partial charge in [0.15, 0.2) is 0 Å². The van der Waals surface area contributed by atoms with Gasteiger partial charge in [-0.25, -0.2) is 4.98 Å². The Morgan fingerprint density at radius 1 is 1.62 bits per heavy atom. The van der Waals surface area contributed by atoms with E-state index in [-0.39, 0.29) is 11.6 Å². The number of carbonyl (C=O) groups excluding carboxylic acids is 1.